The maximum atomic E-state index is 12.6. The number of carbonyl (C=O) groups excluding carboxylic acids is 2. The van der Waals surface area contributed by atoms with Crippen molar-refractivity contribution in [2.75, 3.05) is 43.4 Å². The zero-order chi connectivity index (χ0) is 21.9. The molecule has 1 saturated heterocycles. The Bertz CT molecular complexity index is 923. The predicted octanol–water partition coefficient (Wildman–Crippen LogP) is 3.57. The van der Waals surface area contributed by atoms with Gasteiger partial charge in [-0.3, -0.25) is 15.0 Å². The molecule has 0 atom stereocenters. The van der Waals surface area contributed by atoms with Crippen molar-refractivity contribution >= 4 is 34.1 Å². The number of thiazole rings is 1. The standard InChI is InChI=1S/C19H22F3N5O2S/c1-12-4-3-5-14(13(12)2)23-16(28)10-26-6-8-27(9-7-26)18(29)25-17-24-15(11-30-17)19(20,21)22/h3-5,11H,6-10H2,1-2H3,(H,23,28)(H,24,25,29). The van der Waals surface area contributed by atoms with E-state index in [9.17, 15) is 22.8 Å². The second-order valence-corrected chi connectivity index (χ2v) is 7.88. The minimum atomic E-state index is -4.54. The first-order chi connectivity index (χ1) is 14.1. The van der Waals surface area contributed by atoms with Crippen molar-refractivity contribution in [3.8, 4) is 0 Å². The van der Waals surface area contributed by atoms with Crippen molar-refractivity contribution in [3.63, 3.8) is 0 Å². The van der Waals surface area contributed by atoms with E-state index in [4.69, 9.17) is 0 Å². The molecule has 1 aromatic carbocycles. The number of nitrogens with zero attached hydrogens (tertiary/aromatic N) is 3. The number of urea groups is 1. The first-order valence-corrected chi connectivity index (χ1v) is 10.2. The Morgan fingerprint density at radius 3 is 2.47 bits per heavy atom. The van der Waals surface area contributed by atoms with Gasteiger partial charge in [0.15, 0.2) is 10.8 Å². The summed E-state index contributed by atoms with van der Waals surface area (Å²) >= 11 is 0.728. The lowest BCUT2D eigenvalue weighted by Crippen LogP contribution is -2.51. The Balaban J connectivity index is 1.46. The number of piperazine rings is 1. The fourth-order valence-corrected chi connectivity index (χ4v) is 3.73. The number of amides is 3. The number of aryl methyl sites for hydroxylation is 1. The number of hydrogen-bond donors (Lipinski definition) is 2. The Kier molecular flexibility index (Phi) is 6.61. The zero-order valence-corrected chi connectivity index (χ0v) is 17.4. The minimum absolute atomic E-state index is 0.0948. The molecule has 0 aliphatic carbocycles. The minimum Gasteiger partial charge on any atom is -0.325 e. The molecule has 0 spiro atoms. The van der Waals surface area contributed by atoms with Crippen molar-refractivity contribution in [2.45, 2.75) is 20.0 Å². The number of hydrogen-bond acceptors (Lipinski definition) is 5. The summed E-state index contributed by atoms with van der Waals surface area (Å²) in [5.41, 5.74) is 1.86. The van der Waals surface area contributed by atoms with E-state index >= 15 is 0 Å². The van der Waals surface area contributed by atoms with E-state index in [0.717, 1.165) is 33.5 Å². The number of alkyl halides is 3. The smallest absolute Gasteiger partial charge is 0.325 e. The summed E-state index contributed by atoms with van der Waals surface area (Å²) in [5, 5.41) is 6.08. The summed E-state index contributed by atoms with van der Waals surface area (Å²) in [4.78, 5) is 31.4. The fraction of sp³-hybridized carbons (Fsp3) is 0.421. The normalized spacial score (nSPS) is 15.2. The monoisotopic (exact) mass is 441 g/mol. The summed E-state index contributed by atoms with van der Waals surface area (Å²) in [7, 11) is 0. The van der Waals surface area contributed by atoms with Gasteiger partial charge in [-0.05, 0) is 31.0 Å². The summed E-state index contributed by atoms with van der Waals surface area (Å²) < 4.78 is 37.8. The van der Waals surface area contributed by atoms with E-state index in [1.54, 1.807) is 0 Å². The molecule has 1 aliphatic rings. The Labute approximate surface area is 175 Å². The predicted molar refractivity (Wildman–Crippen MR) is 109 cm³/mol. The average molecular weight is 441 g/mol. The van der Waals surface area contributed by atoms with Crippen LogP contribution in [0.2, 0.25) is 0 Å². The van der Waals surface area contributed by atoms with Gasteiger partial charge in [0.05, 0.1) is 6.54 Å². The molecule has 2 aromatic rings. The highest BCUT2D eigenvalue weighted by Gasteiger charge is 2.34. The zero-order valence-electron chi connectivity index (χ0n) is 16.5. The number of benzene rings is 1. The molecule has 30 heavy (non-hydrogen) atoms. The number of halogens is 3. The maximum Gasteiger partial charge on any atom is 0.434 e. The third kappa shape index (κ3) is 5.48. The molecule has 3 amide bonds. The van der Waals surface area contributed by atoms with Crippen LogP contribution in [0.4, 0.5) is 28.8 Å². The molecule has 2 heterocycles. The fourth-order valence-electron chi connectivity index (χ4n) is 3.02. The van der Waals surface area contributed by atoms with Crippen LogP contribution in [0.5, 0.6) is 0 Å². The summed E-state index contributed by atoms with van der Waals surface area (Å²) in [6, 6.07) is 5.21. The van der Waals surface area contributed by atoms with Crippen molar-refractivity contribution < 1.29 is 22.8 Å². The van der Waals surface area contributed by atoms with Crippen LogP contribution in [0.25, 0.3) is 0 Å². The molecular formula is C19H22F3N5O2S. The van der Waals surface area contributed by atoms with Crippen molar-refractivity contribution in [3.05, 3.63) is 40.4 Å². The van der Waals surface area contributed by atoms with Crippen LogP contribution in [-0.2, 0) is 11.0 Å². The van der Waals surface area contributed by atoms with Gasteiger partial charge in [-0.25, -0.2) is 9.78 Å². The molecule has 2 N–H and O–H groups in total. The lowest BCUT2D eigenvalue weighted by molar-refractivity contribution is -0.140. The molecule has 3 rings (SSSR count). The molecule has 0 saturated carbocycles. The Morgan fingerprint density at radius 2 is 1.83 bits per heavy atom. The van der Waals surface area contributed by atoms with Crippen molar-refractivity contribution in [1.29, 1.82) is 0 Å². The Hall–Kier alpha value is -2.66. The SMILES string of the molecule is Cc1cccc(NC(=O)CN2CCN(C(=O)Nc3nc(C(F)(F)F)cs3)CC2)c1C. The van der Waals surface area contributed by atoms with E-state index in [0.29, 0.717) is 26.2 Å². The molecule has 0 radical (unpaired) electrons. The van der Waals surface area contributed by atoms with Crippen LogP contribution in [0.1, 0.15) is 16.8 Å². The molecule has 1 aromatic heterocycles. The van der Waals surface area contributed by atoms with Crippen LogP contribution in [0, 0.1) is 13.8 Å². The van der Waals surface area contributed by atoms with Gasteiger partial charge in [0.25, 0.3) is 0 Å². The van der Waals surface area contributed by atoms with E-state index in [2.05, 4.69) is 15.6 Å². The lowest BCUT2D eigenvalue weighted by Gasteiger charge is -2.34. The average Bonchev–Trinajstić information content (AvgIpc) is 3.15. The van der Waals surface area contributed by atoms with Gasteiger partial charge >= 0.3 is 12.2 Å². The Morgan fingerprint density at radius 1 is 1.13 bits per heavy atom. The summed E-state index contributed by atoms with van der Waals surface area (Å²) in [6.45, 7) is 5.82. The molecule has 0 unspecified atom stereocenters. The summed E-state index contributed by atoms with van der Waals surface area (Å²) in [6.07, 6.45) is -4.54. The maximum absolute atomic E-state index is 12.6. The van der Waals surface area contributed by atoms with Gasteiger partial charge < -0.3 is 10.2 Å². The van der Waals surface area contributed by atoms with Gasteiger partial charge in [0, 0.05) is 37.2 Å². The molecule has 1 aliphatic heterocycles. The second-order valence-electron chi connectivity index (χ2n) is 7.02. The molecule has 7 nitrogen and oxygen atoms in total. The number of aromatic nitrogens is 1. The highest BCUT2D eigenvalue weighted by molar-refractivity contribution is 7.13. The van der Waals surface area contributed by atoms with E-state index in [1.807, 2.05) is 36.9 Å². The van der Waals surface area contributed by atoms with Gasteiger partial charge in [-0.1, -0.05) is 12.1 Å². The van der Waals surface area contributed by atoms with E-state index < -0.39 is 17.9 Å². The van der Waals surface area contributed by atoms with Crippen molar-refractivity contribution in [2.24, 2.45) is 0 Å². The van der Waals surface area contributed by atoms with Gasteiger partial charge in [-0.2, -0.15) is 13.2 Å². The second kappa shape index (κ2) is 9.00. The highest BCUT2D eigenvalue weighted by Crippen LogP contribution is 2.31. The molecule has 162 valence electrons. The van der Waals surface area contributed by atoms with Crippen LogP contribution in [0.15, 0.2) is 23.6 Å². The number of carbonyl (C=O) groups is 2. The molecule has 1 fully saturated rings. The van der Waals surface area contributed by atoms with E-state index in [-0.39, 0.29) is 17.6 Å². The topological polar surface area (TPSA) is 77.6 Å². The molecular weight excluding hydrogens is 419 g/mol. The van der Waals surface area contributed by atoms with Gasteiger partial charge in [0.1, 0.15) is 0 Å². The third-order valence-corrected chi connectivity index (χ3v) is 5.67. The van der Waals surface area contributed by atoms with Crippen molar-refractivity contribution in [1.82, 2.24) is 14.8 Å². The highest BCUT2D eigenvalue weighted by atomic mass is 32.1. The number of nitrogens with one attached hydrogen (secondary N) is 2. The first-order valence-electron chi connectivity index (χ1n) is 9.30. The van der Waals surface area contributed by atoms with Gasteiger partial charge in [0.2, 0.25) is 5.91 Å². The number of anilines is 2. The van der Waals surface area contributed by atoms with Crippen LogP contribution in [-0.4, -0.2) is 59.4 Å². The van der Waals surface area contributed by atoms with Crippen LogP contribution < -0.4 is 10.6 Å². The third-order valence-electron chi connectivity index (χ3n) is 4.91. The molecule has 0 bridgehead atoms. The number of rotatable bonds is 4. The van der Waals surface area contributed by atoms with Crippen LogP contribution >= 0.6 is 11.3 Å². The quantitative estimate of drug-likeness (QED) is 0.761. The molecule has 11 heteroatoms. The largest absolute Gasteiger partial charge is 0.434 e. The lowest BCUT2D eigenvalue weighted by atomic mass is 10.1. The van der Waals surface area contributed by atoms with Crippen LogP contribution in [0.3, 0.4) is 0 Å². The van der Waals surface area contributed by atoms with E-state index in [1.165, 1.54) is 4.90 Å². The van der Waals surface area contributed by atoms with Gasteiger partial charge in [-0.15, -0.1) is 11.3 Å². The first kappa shape index (κ1) is 22.0. The summed E-state index contributed by atoms with van der Waals surface area (Å²) in [5.74, 6) is -0.135.